The standard InChI is InChI=1S/C14H20N2O3/c1-19-14(18)11-6-4-7-12(13(11)15)16-8-3-2-5-10(16)9-17/h4,6-7,10,17H,2-3,5,8-9,15H2,1H3. The van der Waals surface area contributed by atoms with Crippen LogP contribution in [0.15, 0.2) is 18.2 Å². The summed E-state index contributed by atoms with van der Waals surface area (Å²) in [7, 11) is 1.34. The number of carbonyl (C=O) groups excluding carboxylic acids is 1. The number of nitrogens with zero attached hydrogens (tertiary/aromatic N) is 1. The summed E-state index contributed by atoms with van der Waals surface area (Å²) in [6.45, 7) is 0.946. The molecule has 1 aliphatic rings. The highest BCUT2D eigenvalue weighted by atomic mass is 16.5. The summed E-state index contributed by atoms with van der Waals surface area (Å²) >= 11 is 0. The van der Waals surface area contributed by atoms with Gasteiger partial charge in [0.05, 0.1) is 36.7 Å². The van der Waals surface area contributed by atoms with E-state index in [9.17, 15) is 9.90 Å². The first kappa shape index (κ1) is 13.7. The molecule has 1 unspecified atom stereocenters. The minimum Gasteiger partial charge on any atom is -0.465 e. The number of carbonyl (C=O) groups is 1. The molecule has 0 radical (unpaired) electrons. The van der Waals surface area contributed by atoms with Gasteiger partial charge >= 0.3 is 5.97 Å². The molecule has 1 aliphatic heterocycles. The van der Waals surface area contributed by atoms with E-state index in [1.54, 1.807) is 12.1 Å². The van der Waals surface area contributed by atoms with E-state index in [4.69, 9.17) is 10.5 Å². The van der Waals surface area contributed by atoms with Crippen LogP contribution >= 0.6 is 0 Å². The number of aliphatic hydroxyl groups excluding tert-OH is 1. The van der Waals surface area contributed by atoms with Crippen LogP contribution in [-0.4, -0.2) is 37.4 Å². The van der Waals surface area contributed by atoms with Crippen molar-refractivity contribution in [3.05, 3.63) is 23.8 Å². The van der Waals surface area contributed by atoms with Crippen LogP contribution in [0.3, 0.4) is 0 Å². The van der Waals surface area contributed by atoms with Crippen molar-refractivity contribution in [3.63, 3.8) is 0 Å². The Morgan fingerprint density at radius 1 is 1.53 bits per heavy atom. The van der Waals surface area contributed by atoms with Gasteiger partial charge in [-0.25, -0.2) is 4.79 Å². The van der Waals surface area contributed by atoms with Gasteiger partial charge in [-0.15, -0.1) is 0 Å². The fourth-order valence-electron chi connectivity index (χ4n) is 2.60. The van der Waals surface area contributed by atoms with Gasteiger partial charge in [0.1, 0.15) is 0 Å². The normalized spacial score (nSPS) is 19.3. The second-order valence-corrected chi connectivity index (χ2v) is 4.76. The van der Waals surface area contributed by atoms with Crippen LogP contribution in [0.1, 0.15) is 29.6 Å². The zero-order chi connectivity index (χ0) is 13.8. The molecule has 0 amide bonds. The van der Waals surface area contributed by atoms with Crippen molar-refractivity contribution in [3.8, 4) is 0 Å². The lowest BCUT2D eigenvalue weighted by Gasteiger charge is -2.37. The average Bonchev–Trinajstić information content (AvgIpc) is 2.46. The van der Waals surface area contributed by atoms with Gasteiger partial charge in [-0.3, -0.25) is 0 Å². The molecule has 1 atom stereocenters. The van der Waals surface area contributed by atoms with E-state index in [0.717, 1.165) is 31.5 Å². The van der Waals surface area contributed by atoms with E-state index < -0.39 is 5.97 Å². The number of rotatable bonds is 3. The number of anilines is 2. The van der Waals surface area contributed by atoms with Crippen LogP contribution in [0.4, 0.5) is 11.4 Å². The Labute approximate surface area is 113 Å². The monoisotopic (exact) mass is 264 g/mol. The van der Waals surface area contributed by atoms with Crippen LogP contribution in [-0.2, 0) is 4.74 Å². The first-order chi connectivity index (χ1) is 9.19. The maximum atomic E-state index is 11.7. The minimum absolute atomic E-state index is 0.0731. The number of para-hydroxylation sites is 1. The number of benzene rings is 1. The van der Waals surface area contributed by atoms with E-state index in [0.29, 0.717) is 11.3 Å². The van der Waals surface area contributed by atoms with Crippen molar-refractivity contribution >= 4 is 17.3 Å². The summed E-state index contributed by atoms with van der Waals surface area (Å²) in [5.74, 6) is -0.433. The summed E-state index contributed by atoms with van der Waals surface area (Å²) < 4.78 is 4.73. The van der Waals surface area contributed by atoms with Crippen molar-refractivity contribution in [1.29, 1.82) is 0 Å². The van der Waals surface area contributed by atoms with Gasteiger partial charge in [-0.2, -0.15) is 0 Å². The van der Waals surface area contributed by atoms with Crippen molar-refractivity contribution < 1.29 is 14.6 Å². The quantitative estimate of drug-likeness (QED) is 0.637. The number of esters is 1. The molecule has 0 saturated carbocycles. The number of methoxy groups -OCH3 is 1. The maximum absolute atomic E-state index is 11.7. The molecular formula is C14H20N2O3. The predicted molar refractivity (Wildman–Crippen MR) is 74.3 cm³/mol. The third-order valence-corrected chi connectivity index (χ3v) is 3.64. The van der Waals surface area contributed by atoms with E-state index in [2.05, 4.69) is 4.90 Å². The van der Waals surface area contributed by atoms with Crippen molar-refractivity contribution in [1.82, 2.24) is 0 Å². The molecule has 104 valence electrons. The number of nitrogen functional groups attached to an aromatic ring is 1. The molecule has 1 aromatic carbocycles. The van der Waals surface area contributed by atoms with E-state index >= 15 is 0 Å². The molecule has 5 heteroatoms. The average molecular weight is 264 g/mol. The summed E-state index contributed by atoms with van der Waals surface area (Å²) in [6.07, 6.45) is 3.12. The topological polar surface area (TPSA) is 75.8 Å². The Hall–Kier alpha value is -1.75. The fraction of sp³-hybridized carbons (Fsp3) is 0.500. The lowest BCUT2D eigenvalue weighted by Crippen LogP contribution is -2.42. The Morgan fingerprint density at radius 3 is 3.00 bits per heavy atom. The highest BCUT2D eigenvalue weighted by molar-refractivity contribution is 5.98. The van der Waals surface area contributed by atoms with Crippen LogP contribution in [0.2, 0.25) is 0 Å². The summed E-state index contributed by atoms with van der Waals surface area (Å²) in [5, 5.41) is 9.46. The highest BCUT2D eigenvalue weighted by Gasteiger charge is 2.25. The zero-order valence-corrected chi connectivity index (χ0v) is 11.1. The molecule has 0 bridgehead atoms. The third-order valence-electron chi connectivity index (χ3n) is 3.64. The molecule has 0 aromatic heterocycles. The van der Waals surface area contributed by atoms with Gasteiger partial charge < -0.3 is 20.5 Å². The van der Waals surface area contributed by atoms with Crippen LogP contribution in [0.25, 0.3) is 0 Å². The van der Waals surface area contributed by atoms with E-state index in [1.165, 1.54) is 7.11 Å². The first-order valence-corrected chi connectivity index (χ1v) is 6.53. The highest BCUT2D eigenvalue weighted by Crippen LogP contribution is 2.32. The Kier molecular flexibility index (Phi) is 4.27. The Balaban J connectivity index is 2.36. The molecule has 1 aromatic rings. The second kappa shape index (κ2) is 5.93. The number of ether oxygens (including phenoxy) is 1. The Morgan fingerprint density at radius 2 is 2.32 bits per heavy atom. The fourth-order valence-corrected chi connectivity index (χ4v) is 2.60. The lowest BCUT2D eigenvalue weighted by atomic mass is 10.0. The number of aliphatic hydroxyl groups is 1. The molecule has 1 fully saturated rings. The minimum atomic E-state index is -0.433. The summed E-state index contributed by atoms with van der Waals surface area (Å²) in [6, 6.07) is 5.41. The Bertz CT molecular complexity index is 462. The lowest BCUT2D eigenvalue weighted by molar-refractivity contribution is 0.0602. The van der Waals surface area contributed by atoms with Gasteiger partial charge in [0.2, 0.25) is 0 Å². The third kappa shape index (κ3) is 2.66. The second-order valence-electron chi connectivity index (χ2n) is 4.76. The van der Waals surface area contributed by atoms with Crippen LogP contribution in [0.5, 0.6) is 0 Å². The molecular weight excluding hydrogens is 244 g/mol. The molecule has 1 saturated heterocycles. The molecule has 2 rings (SSSR count). The number of hydrogen-bond donors (Lipinski definition) is 2. The number of hydrogen-bond acceptors (Lipinski definition) is 5. The summed E-state index contributed by atoms with van der Waals surface area (Å²) in [4.78, 5) is 13.7. The molecule has 5 nitrogen and oxygen atoms in total. The van der Waals surface area contributed by atoms with Gasteiger partial charge in [-0.1, -0.05) is 6.07 Å². The molecule has 3 N–H and O–H groups in total. The number of piperidine rings is 1. The van der Waals surface area contributed by atoms with Gasteiger partial charge in [0.25, 0.3) is 0 Å². The van der Waals surface area contributed by atoms with Gasteiger partial charge in [0, 0.05) is 6.54 Å². The summed E-state index contributed by atoms with van der Waals surface area (Å²) in [5.41, 5.74) is 7.69. The molecule has 0 aliphatic carbocycles. The number of nitrogens with two attached hydrogens (primary N) is 1. The largest absolute Gasteiger partial charge is 0.465 e. The van der Waals surface area contributed by atoms with Gasteiger partial charge in [0.15, 0.2) is 0 Å². The van der Waals surface area contributed by atoms with Crippen molar-refractivity contribution in [2.45, 2.75) is 25.3 Å². The first-order valence-electron chi connectivity index (χ1n) is 6.53. The van der Waals surface area contributed by atoms with Crippen molar-refractivity contribution in [2.24, 2.45) is 0 Å². The molecule has 0 spiro atoms. The predicted octanol–water partition coefficient (Wildman–Crippen LogP) is 1.41. The van der Waals surface area contributed by atoms with Crippen molar-refractivity contribution in [2.75, 3.05) is 30.9 Å². The van der Waals surface area contributed by atoms with Gasteiger partial charge in [-0.05, 0) is 31.4 Å². The molecule has 1 heterocycles. The van der Waals surface area contributed by atoms with Crippen LogP contribution < -0.4 is 10.6 Å². The smallest absolute Gasteiger partial charge is 0.340 e. The van der Waals surface area contributed by atoms with Crippen LogP contribution in [0, 0.1) is 0 Å². The van der Waals surface area contributed by atoms with E-state index in [-0.39, 0.29) is 12.6 Å². The SMILES string of the molecule is COC(=O)c1cccc(N2CCCCC2CO)c1N. The molecule has 19 heavy (non-hydrogen) atoms. The zero-order valence-electron chi connectivity index (χ0n) is 11.1. The maximum Gasteiger partial charge on any atom is 0.340 e. The van der Waals surface area contributed by atoms with E-state index in [1.807, 2.05) is 6.07 Å².